The minimum absolute atomic E-state index is 0.107. The minimum Gasteiger partial charge on any atom is -0.383 e. The fourth-order valence-corrected chi connectivity index (χ4v) is 2.47. The lowest BCUT2D eigenvalue weighted by molar-refractivity contribution is -0.147. The number of ether oxygens (including phenoxy) is 1. The number of pyridine rings is 1. The number of hydrogen-bond donors (Lipinski definition) is 1. The van der Waals surface area contributed by atoms with E-state index in [2.05, 4.69) is 4.98 Å². The highest BCUT2D eigenvalue weighted by atomic mass is 19.4. The molecular formula is C15H18F3N3O3. The molecule has 6 nitrogen and oxygen atoms in total. The Labute approximate surface area is 136 Å². The van der Waals surface area contributed by atoms with E-state index in [0.717, 1.165) is 18.9 Å². The topological polar surface area (TPSA) is 85.5 Å². The van der Waals surface area contributed by atoms with Crippen LogP contribution in [0.5, 0.6) is 0 Å². The molecule has 1 fully saturated rings. The van der Waals surface area contributed by atoms with Crippen molar-refractivity contribution in [2.24, 2.45) is 11.7 Å². The van der Waals surface area contributed by atoms with E-state index in [-0.39, 0.29) is 30.8 Å². The van der Waals surface area contributed by atoms with Crippen molar-refractivity contribution >= 4 is 11.8 Å². The molecule has 0 bridgehead atoms. The van der Waals surface area contributed by atoms with Crippen molar-refractivity contribution < 1.29 is 27.5 Å². The summed E-state index contributed by atoms with van der Waals surface area (Å²) in [5.41, 5.74) is 4.44. The number of aromatic nitrogens is 1. The Kier molecular flexibility index (Phi) is 5.43. The average Bonchev–Trinajstić information content (AvgIpc) is 3.34. The molecule has 0 saturated heterocycles. The number of hydrogen-bond acceptors (Lipinski definition) is 4. The smallest absolute Gasteiger partial charge is 0.383 e. The third-order valence-electron chi connectivity index (χ3n) is 3.86. The molecule has 1 aromatic rings. The number of halogens is 3. The summed E-state index contributed by atoms with van der Waals surface area (Å²) in [7, 11) is 1.47. The molecule has 1 aliphatic rings. The van der Waals surface area contributed by atoms with E-state index in [1.807, 2.05) is 0 Å². The van der Waals surface area contributed by atoms with Gasteiger partial charge in [0, 0.05) is 13.3 Å². The van der Waals surface area contributed by atoms with Gasteiger partial charge in [-0.1, -0.05) is 0 Å². The van der Waals surface area contributed by atoms with Gasteiger partial charge in [-0.2, -0.15) is 13.2 Å². The minimum atomic E-state index is -4.49. The van der Waals surface area contributed by atoms with Gasteiger partial charge in [0.1, 0.15) is 0 Å². The van der Waals surface area contributed by atoms with E-state index in [0.29, 0.717) is 6.20 Å². The number of carbonyl (C=O) groups is 2. The first-order valence-corrected chi connectivity index (χ1v) is 7.35. The molecule has 1 atom stereocenters. The number of rotatable bonds is 6. The molecule has 0 aliphatic heterocycles. The van der Waals surface area contributed by atoms with Crippen LogP contribution in [-0.4, -0.2) is 41.5 Å². The molecule has 0 spiro atoms. The molecule has 132 valence electrons. The molecular weight excluding hydrogens is 327 g/mol. The zero-order valence-electron chi connectivity index (χ0n) is 13.0. The van der Waals surface area contributed by atoms with Crippen LogP contribution in [-0.2, 0) is 27.0 Å². The van der Waals surface area contributed by atoms with E-state index < -0.39 is 23.6 Å². The third-order valence-corrected chi connectivity index (χ3v) is 3.86. The number of nitrogens with two attached hydrogens (primary N) is 1. The van der Waals surface area contributed by atoms with Crippen molar-refractivity contribution in [2.75, 3.05) is 13.7 Å². The quantitative estimate of drug-likeness (QED) is 0.789. The van der Waals surface area contributed by atoms with Crippen LogP contribution in [0.1, 0.15) is 24.1 Å². The Morgan fingerprint density at radius 1 is 1.42 bits per heavy atom. The maximum atomic E-state index is 12.6. The normalized spacial score (nSPS) is 15.8. The van der Waals surface area contributed by atoms with Gasteiger partial charge < -0.3 is 15.4 Å². The highest BCUT2D eigenvalue weighted by Gasteiger charge is 2.39. The summed E-state index contributed by atoms with van der Waals surface area (Å²) in [5, 5.41) is 0. The second-order valence-electron chi connectivity index (χ2n) is 5.69. The van der Waals surface area contributed by atoms with E-state index >= 15 is 0 Å². The highest BCUT2D eigenvalue weighted by Crippen LogP contribution is 2.36. The van der Waals surface area contributed by atoms with Gasteiger partial charge in [0.25, 0.3) is 0 Å². The second-order valence-corrected chi connectivity index (χ2v) is 5.69. The zero-order chi connectivity index (χ0) is 17.9. The third kappa shape index (κ3) is 4.44. The average molecular weight is 345 g/mol. The summed E-state index contributed by atoms with van der Waals surface area (Å²) < 4.78 is 42.8. The number of amides is 2. The van der Waals surface area contributed by atoms with Crippen molar-refractivity contribution in [3.8, 4) is 0 Å². The van der Waals surface area contributed by atoms with Crippen LogP contribution in [0.15, 0.2) is 18.3 Å². The van der Waals surface area contributed by atoms with Gasteiger partial charge in [-0.05, 0) is 30.9 Å². The van der Waals surface area contributed by atoms with Crippen LogP contribution in [0.4, 0.5) is 13.2 Å². The van der Waals surface area contributed by atoms with Crippen molar-refractivity contribution in [2.45, 2.75) is 31.6 Å². The second kappa shape index (κ2) is 7.16. The number of nitrogens with zero attached hydrogens (tertiary/aromatic N) is 2. The molecule has 0 unspecified atom stereocenters. The molecule has 1 heterocycles. The number of carbonyl (C=O) groups excluding carboxylic acids is 2. The van der Waals surface area contributed by atoms with E-state index in [9.17, 15) is 22.8 Å². The van der Waals surface area contributed by atoms with E-state index in [1.165, 1.54) is 18.1 Å². The predicted octanol–water partition coefficient (Wildman–Crippen LogP) is 1.34. The van der Waals surface area contributed by atoms with Gasteiger partial charge in [0.15, 0.2) is 0 Å². The van der Waals surface area contributed by atoms with Gasteiger partial charge in [-0.25, -0.2) is 0 Å². The van der Waals surface area contributed by atoms with Gasteiger partial charge in [-0.15, -0.1) is 0 Å². The molecule has 2 N–H and O–H groups in total. The van der Waals surface area contributed by atoms with Gasteiger partial charge >= 0.3 is 18.0 Å². The predicted molar refractivity (Wildman–Crippen MR) is 77.4 cm³/mol. The van der Waals surface area contributed by atoms with Gasteiger partial charge in [0.2, 0.25) is 0 Å². The molecule has 2 rings (SSSR count). The lowest BCUT2D eigenvalue weighted by atomic mass is 10.1. The summed E-state index contributed by atoms with van der Waals surface area (Å²) in [6.45, 7) is 0.106. The SMILES string of the molecule is COC[C@@H](C1CC1)N(Cc1ccc(C(F)(F)F)cn1)C(=O)C(N)=O. The fourth-order valence-electron chi connectivity index (χ4n) is 2.47. The van der Waals surface area contributed by atoms with Gasteiger partial charge in [-0.3, -0.25) is 14.6 Å². The van der Waals surface area contributed by atoms with Crippen LogP contribution >= 0.6 is 0 Å². The van der Waals surface area contributed by atoms with Gasteiger partial charge in [0.05, 0.1) is 30.5 Å². The van der Waals surface area contributed by atoms with Crippen molar-refractivity contribution in [3.63, 3.8) is 0 Å². The maximum Gasteiger partial charge on any atom is 0.417 e. The summed E-state index contributed by atoms with van der Waals surface area (Å²) in [5.74, 6) is -1.84. The summed E-state index contributed by atoms with van der Waals surface area (Å²) in [6.07, 6.45) is -2.01. The zero-order valence-corrected chi connectivity index (χ0v) is 13.0. The van der Waals surface area contributed by atoms with Crippen LogP contribution in [0, 0.1) is 5.92 Å². The Bertz CT molecular complexity index is 600. The number of methoxy groups -OCH3 is 1. The summed E-state index contributed by atoms with van der Waals surface area (Å²) >= 11 is 0. The maximum absolute atomic E-state index is 12.6. The first-order chi connectivity index (χ1) is 11.2. The molecule has 9 heteroatoms. The van der Waals surface area contributed by atoms with Crippen LogP contribution in [0.25, 0.3) is 0 Å². The summed E-state index contributed by atoms with van der Waals surface area (Å²) in [6, 6.07) is 1.71. The van der Waals surface area contributed by atoms with E-state index in [4.69, 9.17) is 10.5 Å². The van der Waals surface area contributed by atoms with Crippen LogP contribution in [0.2, 0.25) is 0 Å². The molecule has 1 aromatic heterocycles. The number of alkyl halides is 3. The molecule has 0 radical (unpaired) electrons. The standard InChI is InChI=1S/C15H18F3N3O3/c1-24-8-12(9-2-3-9)21(14(23)13(19)22)7-11-5-4-10(6-20-11)15(16,17)18/h4-6,9,12H,2-3,7-8H2,1H3,(H2,19,22)/t12-/m0/s1. The molecule has 2 amide bonds. The Balaban J connectivity index is 2.21. The molecule has 24 heavy (non-hydrogen) atoms. The number of primary amides is 1. The van der Waals surface area contributed by atoms with Crippen LogP contribution in [0.3, 0.4) is 0 Å². The molecule has 1 aliphatic carbocycles. The van der Waals surface area contributed by atoms with Crippen molar-refractivity contribution in [1.82, 2.24) is 9.88 Å². The Morgan fingerprint density at radius 2 is 2.08 bits per heavy atom. The fraction of sp³-hybridized carbons (Fsp3) is 0.533. The monoisotopic (exact) mass is 345 g/mol. The van der Waals surface area contributed by atoms with E-state index in [1.54, 1.807) is 0 Å². The first-order valence-electron chi connectivity index (χ1n) is 7.35. The largest absolute Gasteiger partial charge is 0.417 e. The summed E-state index contributed by atoms with van der Waals surface area (Å²) in [4.78, 5) is 28.4. The first kappa shape index (κ1) is 18.2. The lowest BCUT2D eigenvalue weighted by Gasteiger charge is -2.30. The van der Waals surface area contributed by atoms with Crippen molar-refractivity contribution in [1.29, 1.82) is 0 Å². The van der Waals surface area contributed by atoms with Crippen LogP contribution < -0.4 is 5.73 Å². The molecule has 0 aromatic carbocycles. The van der Waals surface area contributed by atoms with Crippen molar-refractivity contribution in [3.05, 3.63) is 29.6 Å². The lowest BCUT2D eigenvalue weighted by Crippen LogP contribution is -2.48. The Hall–Kier alpha value is -2.16. The highest BCUT2D eigenvalue weighted by molar-refractivity contribution is 6.34. The molecule has 1 saturated carbocycles. The Morgan fingerprint density at radius 3 is 2.50 bits per heavy atom.